The summed E-state index contributed by atoms with van der Waals surface area (Å²) in [6.07, 6.45) is 22.0. The first-order chi connectivity index (χ1) is 23.8. The minimum absolute atomic E-state index is 0.145. The Morgan fingerprint density at radius 2 is 0.354 bits per heavy atom. The molecule has 48 heavy (non-hydrogen) atoms. The van der Waals surface area contributed by atoms with Crippen LogP contribution in [0.2, 0.25) is 0 Å². The largest absolute Gasteiger partial charge is 0.225 e. The van der Waals surface area contributed by atoms with Gasteiger partial charge in [-0.05, 0) is 38.5 Å². The topological polar surface area (TPSA) is 232 Å². The van der Waals surface area contributed by atoms with Crippen molar-refractivity contribution >= 4 is 0 Å². The zero-order chi connectivity index (χ0) is 32.4. The number of rotatable bonds is 6. The average Bonchev–Trinajstić information content (AvgIpc) is 3.17. The van der Waals surface area contributed by atoms with Gasteiger partial charge in [0.05, 0.1) is 0 Å². The van der Waals surface area contributed by atoms with Crippen LogP contribution in [0.25, 0.3) is 0 Å². The normalized spacial score (nSPS) is 23.8. The van der Waals surface area contributed by atoms with Crippen LogP contribution in [-0.4, -0.2) is 89.7 Å². The first-order valence-electron chi connectivity index (χ1n) is 15.5. The number of nitrogens with zero attached hydrogens (tertiary/aromatic N) is 18. The molecule has 7 rings (SSSR count). The van der Waals surface area contributed by atoms with Gasteiger partial charge in [-0.25, -0.2) is 89.7 Å². The third-order valence-electron chi connectivity index (χ3n) is 8.69. The van der Waals surface area contributed by atoms with Gasteiger partial charge in [-0.1, -0.05) is 0 Å². The van der Waals surface area contributed by atoms with Gasteiger partial charge in [-0.3, -0.25) is 0 Å². The molecule has 0 aromatic carbocycles. The van der Waals surface area contributed by atoms with Crippen molar-refractivity contribution < 1.29 is 0 Å². The summed E-state index contributed by atoms with van der Waals surface area (Å²) in [5.41, 5.74) is 0. The summed E-state index contributed by atoms with van der Waals surface area (Å²) in [6.45, 7) is 0. The van der Waals surface area contributed by atoms with Gasteiger partial charge in [-0.15, -0.1) is 0 Å². The highest BCUT2D eigenvalue weighted by Crippen LogP contribution is 2.46. The fraction of sp³-hybridized carbons (Fsp3) is 0.400. The van der Waals surface area contributed by atoms with Gasteiger partial charge in [0.2, 0.25) is 0 Å². The van der Waals surface area contributed by atoms with E-state index in [1.165, 1.54) is 75.9 Å². The van der Waals surface area contributed by atoms with Gasteiger partial charge in [-0.2, -0.15) is 0 Å². The first kappa shape index (κ1) is 30.7. The molecule has 18 nitrogen and oxygen atoms in total. The molecule has 0 N–H and O–H groups in total. The summed E-state index contributed by atoms with van der Waals surface area (Å²) in [7, 11) is 0. The molecule has 1 fully saturated rings. The molecule has 0 unspecified atom stereocenters. The van der Waals surface area contributed by atoms with Gasteiger partial charge in [0, 0.05) is 35.5 Å². The van der Waals surface area contributed by atoms with Crippen molar-refractivity contribution in [1.82, 2.24) is 89.7 Å². The van der Waals surface area contributed by atoms with Crippen molar-refractivity contribution in [3.8, 4) is 0 Å². The van der Waals surface area contributed by atoms with E-state index in [0.717, 1.165) is 0 Å². The highest BCUT2D eigenvalue weighted by atomic mass is 15.0. The molecule has 0 spiro atoms. The van der Waals surface area contributed by atoms with Crippen molar-refractivity contribution in [2.45, 2.75) is 74.0 Å². The Hall–Kier alpha value is -5.94. The van der Waals surface area contributed by atoms with Crippen LogP contribution >= 0.6 is 0 Å². The SMILES string of the molecule is c1ncnc(C2CC(c3ncncn3)CC(c3ncncn3)CC(c3ncncn3)CC(c3ncncn3)CC(c3ncncn3)C2)n1. The van der Waals surface area contributed by atoms with Crippen LogP contribution in [-0.2, 0) is 0 Å². The smallest absolute Gasteiger partial charge is 0.135 e. The van der Waals surface area contributed by atoms with Gasteiger partial charge in [0.25, 0.3) is 0 Å². The molecule has 0 atom stereocenters. The lowest BCUT2D eigenvalue weighted by Gasteiger charge is -2.32. The Labute approximate surface area is 274 Å². The van der Waals surface area contributed by atoms with Crippen LogP contribution in [0.15, 0.2) is 75.9 Å². The van der Waals surface area contributed by atoms with Gasteiger partial charge in [0.15, 0.2) is 0 Å². The quantitative estimate of drug-likeness (QED) is 0.253. The Morgan fingerprint density at radius 1 is 0.229 bits per heavy atom. The molecule has 6 heterocycles. The van der Waals surface area contributed by atoms with E-state index in [0.29, 0.717) is 73.5 Å². The number of hydrogen-bond acceptors (Lipinski definition) is 18. The molecule has 240 valence electrons. The van der Waals surface area contributed by atoms with Crippen LogP contribution in [0.4, 0.5) is 0 Å². The molecule has 18 heteroatoms. The standard InChI is InChI=1S/C30H30N18/c1-19(25-37-7-31-8-38-25)2-21(27-41-11-33-12-42-27)4-23(29-45-15-35-16-46-29)6-24(30-47-17-36-18-48-30)5-22(28-43-13-34-14-44-28)3-20(1)26-39-9-32-10-40-26/h7-24H,1-6H2. The summed E-state index contributed by atoms with van der Waals surface area (Å²) in [6, 6.07) is 0. The van der Waals surface area contributed by atoms with Crippen LogP contribution in [0.1, 0.15) is 109 Å². The summed E-state index contributed by atoms with van der Waals surface area (Å²) in [4.78, 5) is 79.9. The Bertz CT molecular complexity index is 1450. The lowest BCUT2D eigenvalue weighted by atomic mass is 9.74. The summed E-state index contributed by atoms with van der Waals surface area (Å²) in [5.74, 6) is 3.11. The molecule has 0 amide bonds. The highest BCUT2D eigenvalue weighted by Gasteiger charge is 2.36. The molecule has 0 saturated heterocycles. The zero-order valence-electron chi connectivity index (χ0n) is 25.7. The van der Waals surface area contributed by atoms with E-state index < -0.39 is 0 Å². The molecular weight excluding hydrogens is 612 g/mol. The molecule has 0 bridgehead atoms. The maximum atomic E-state index is 4.62. The molecule has 1 aliphatic rings. The first-order valence-corrected chi connectivity index (χ1v) is 15.5. The van der Waals surface area contributed by atoms with Crippen LogP contribution in [0.5, 0.6) is 0 Å². The monoisotopic (exact) mass is 642 g/mol. The molecule has 0 radical (unpaired) electrons. The minimum Gasteiger partial charge on any atom is -0.225 e. The van der Waals surface area contributed by atoms with Crippen molar-refractivity contribution in [2.75, 3.05) is 0 Å². The predicted octanol–water partition coefficient (Wildman–Crippen LogP) is 2.15. The lowest BCUT2D eigenvalue weighted by Crippen LogP contribution is -2.23. The molecule has 6 aromatic rings. The summed E-state index contributed by atoms with van der Waals surface area (Å²) < 4.78 is 0. The number of hydrogen-bond donors (Lipinski definition) is 0. The predicted molar refractivity (Wildman–Crippen MR) is 163 cm³/mol. The van der Waals surface area contributed by atoms with E-state index in [1.807, 2.05) is 0 Å². The summed E-state index contributed by atoms with van der Waals surface area (Å²) in [5, 5.41) is 0. The van der Waals surface area contributed by atoms with Gasteiger partial charge >= 0.3 is 0 Å². The molecule has 6 aromatic heterocycles. The van der Waals surface area contributed by atoms with Crippen molar-refractivity contribution in [2.24, 2.45) is 0 Å². The molecule has 1 aliphatic carbocycles. The molecular formula is C30H30N18. The van der Waals surface area contributed by atoms with E-state index in [1.54, 1.807) is 0 Å². The third-order valence-corrected chi connectivity index (χ3v) is 8.69. The summed E-state index contributed by atoms with van der Waals surface area (Å²) >= 11 is 0. The van der Waals surface area contributed by atoms with Crippen LogP contribution in [0, 0.1) is 0 Å². The Morgan fingerprint density at radius 3 is 0.479 bits per heavy atom. The fourth-order valence-corrected chi connectivity index (χ4v) is 6.66. The molecule has 0 aliphatic heterocycles. The maximum absolute atomic E-state index is 4.62. The van der Waals surface area contributed by atoms with Crippen molar-refractivity contribution in [3.63, 3.8) is 0 Å². The van der Waals surface area contributed by atoms with E-state index in [2.05, 4.69) is 89.7 Å². The van der Waals surface area contributed by atoms with E-state index in [-0.39, 0.29) is 35.5 Å². The zero-order valence-corrected chi connectivity index (χ0v) is 25.7. The van der Waals surface area contributed by atoms with E-state index >= 15 is 0 Å². The van der Waals surface area contributed by atoms with Gasteiger partial charge in [0.1, 0.15) is 111 Å². The minimum atomic E-state index is -0.145. The van der Waals surface area contributed by atoms with Crippen LogP contribution < -0.4 is 0 Å². The third kappa shape index (κ3) is 7.54. The average molecular weight is 643 g/mol. The maximum Gasteiger partial charge on any atom is 0.135 e. The van der Waals surface area contributed by atoms with Crippen molar-refractivity contribution in [3.05, 3.63) is 111 Å². The van der Waals surface area contributed by atoms with Crippen LogP contribution in [0.3, 0.4) is 0 Å². The second-order valence-corrected chi connectivity index (χ2v) is 11.6. The highest BCUT2D eigenvalue weighted by molar-refractivity contribution is 5.13. The Kier molecular flexibility index (Phi) is 9.66. The fourth-order valence-electron chi connectivity index (χ4n) is 6.66. The Balaban J connectivity index is 1.38. The van der Waals surface area contributed by atoms with Crippen molar-refractivity contribution in [1.29, 1.82) is 0 Å². The second-order valence-electron chi connectivity index (χ2n) is 11.6. The number of aromatic nitrogens is 18. The second kappa shape index (κ2) is 15.1. The van der Waals surface area contributed by atoms with E-state index in [4.69, 9.17) is 0 Å². The lowest BCUT2D eigenvalue weighted by molar-refractivity contribution is 0.324. The molecule has 1 saturated carbocycles. The van der Waals surface area contributed by atoms with E-state index in [9.17, 15) is 0 Å². The van der Waals surface area contributed by atoms with Gasteiger partial charge < -0.3 is 0 Å².